The van der Waals surface area contributed by atoms with Crippen LogP contribution in [-0.4, -0.2) is 51.4 Å². The zero-order chi connectivity index (χ0) is 24.5. The lowest BCUT2D eigenvalue weighted by molar-refractivity contribution is -0.157. The number of benzene rings is 2. The molecular weight excluding hydrogens is 430 g/mol. The first-order chi connectivity index (χ1) is 16.4. The first-order valence-corrected chi connectivity index (χ1v) is 11.7. The van der Waals surface area contributed by atoms with E-state index in [1.807, 2.05) is 48.5 Å². The molecule has 2 N–H and O–H groups in total. The highest BCUT2D eigenvalue weighted by Crippen LogP contribution is 2.30. The number of carbonyl (C=O) groups is 2. The first-order valence-electron chi connectivity index (χ1n) is 11.7. The SMILES string of the molecule is CCCCN1CCN(C(c2ccccc2)c2nnc([C@H](C)N)o2)C(=O)C1=O.Cc1ccccc1. The number of aryl methyl sites for hydroxylation is 1. The number of aromatic nitrogens is 2. The van der Waals surface area contributed by atoms with Gasteiger partial charge in [-0.3, -0.25) is 9.59 Å². The topological polar surface area (TPSA) is 106 Å². The van der Waals surface area contributed by atoms with Gasteiger partial charge in [-0.05, 0) is 25.8 Å². The Morgan fingerprint density at radius 3 is 2.09 bits per heavy atom. The molecule has 180 valence electrons. The molecule has 1 unspecified atom stereocenters. The molecule has 2 atom stereocenters. The van der Waals surface area contributed by atoms with Crippen LogP contribution in [0.3, 0.4) is 0 Å². The van der Waals surface area contributed by atoms with E-state index in [1.165, 1.54) is 10.5 Å². The molecule has 4 rings (SSSR count). The minimum atomic E-state index is -0.615. The van der Waals surface area contributed by atoms with Gasteiger partial charge in [0.05, 0.1) is 6.04 Å². The van der Waals surface area contributed by atoms with Crippen molar-refractivity contribution in [1.29, 1.82) is 0 Å². The van der Waals surface area contributed by atoms with Crippen LogP contribution in [0.15, 0.2) is 65.1 Å². The van der Waals surface area contributed by atoms with Gasteiger partial charge in [-0.1, -0.05) is 79.6 Å². The summed E-state index contributed by atoms with van der Waals surface area (Å²) in [6.07, 6.45) is 1.85. The van der Waals surface area contributed by atoms with Crippen molar-refractivity contribution >= 4 is 11.8 Å². The van der Waals surface area contributed by atoms with Gasteiger partial charge in [-0.2, -0.15) is 0 Å². The lowest BCUT2D eigenvalue weighted by atomic mass is 10.0. The molecule has 1 saturated heterocycles. The van der Waals surface area contributed by atoms with Gasteiger partial charge in [0.25, 0.3) is 0 Å². The fourth-order valence-corrected chi connectivity index (χ4v) is 3.66. The summed E-state index contributed by atoms with van der Waals surface area (Å²) in [5, 5.41) is 8.08. The van der Waals surface area contributed by atoms with E-state index in [4.69, 9.17) is 10.2 Å². The van der Waals surface area contributed by atoms with Crippen LogP contribution in [0, 0.1) is 6.92 Å². The standard InChI is InChI=1S/C19H25N5O3.C7H8/c1-3-4-10-23-11-12-24(19(26)18(23)25)15(14-8-6-5-7-9-14)17-22-21-16(27-17)13(2)20;1-7-5-3-2-4-6-7/h5-9,13,15H,3-4,10-12,20H2,1-2H3;2-6H,1H3/t13-,15?;/m0./s1. The molecule has 3 aromatic rings. The van der Waals surface area contributed by atoms with E-state index in [0.29, 0.717) is 25.5 Å². The van der Waals surface area contributed by atoms with Crippen LogP contribution in [0.2, 0.25) is 0 Å². The van der Waals surface area contributed by atoms with Crippen LogP contribution in [0.1, 0.15) is 61.7 Å². The predicted molar refractivity (Wildman–Crippen MR) is 130 cm³/mol. The molecule has 2 aromatic carbocycles. The van der Waals surface area contributed by atoms with Crippen LogP contribution in [0.25, 0.3) is 0 Å². The van der Waals surface area contributed by atoms with E-state index >= 15 is 0 Å². The van der Waals surface area contributed by atoms with Crippen LogP contribution in [0.4, 0.5) is 0 Å². The quantitative estimate of drug-likeness (QED) is 0.536. The number of unbranched alkanes of at least 4 members (excludes halogenated alkanes) is 1. The van der Waals surface area contributed by atoms with Crippen molar-refractivity contribution in [2.75, 3.05) is 19.6 Å². The number of amides is 2. The van der Waals surface area contributed by atoms with Gasteiger partial charge in [0.2, 0.25) is 11.8 Å². The summed E-state index contributed by atoms with van der Waals surface area (Å²) in [6, 6.07) is 18.6. The van der Waals surface area contributed by atoms with Crippen molar-refractivity contribution in [2.45, 2.75) is 45.7 Å². The molecule has 8 heteroatoms. The monoisotopic (exact) mass is 463 g/mol. The maximum atomic E-state index is 12.8. The summed E-state index contributed by atoms with van der Waals surface area (Å²) in [4.78, 5) is 28.5. The molecule has 0 bridgehead atoms. The van der Waals surface area contributed by atoms with Gasteiger partial charge >= 0.3 is 11.8 Å². The number of rotatable bonds is 7. The van der Waals surface area contributed by atoms with Gasteiger partial charge in [0, 0.05) is 19.6 Å². The number of nitrogens with zero attached hydrogens (tertiary/aromatic N) is 4. The van der Waals surface area contributed by atoms with Crippen LogP contribution in [0.5, 0.6) is 0 Å². The number of carbonyl (C=O) groups excluding carboxylic acids is 2. The molecule has 0 saturated carbocycles. The number of hydrogen-bond donors (Lipinski definition) is 1. The molecule has 0 aliphatic carbocycles. The molecule has 0 radical (unpaired) electrons. The molecule has 1 aliphatic rings. The van der Waals surface area contributed by atoms with Gasteiger partial charge in [0.15, 0.2) is 0 Å². The molecule has 1 aromatic heterocycles. The maximum absolute atomic E-state index is 12.8. The van der Waals surface area contributed by atoms with Crippen molar-refractivity contribution < 1.29 is 14.0 Å². The number of nitrogens with two attached hydrogens (primary N) is 1. The zero-order valence-electron chi connectivity index (χ0n) is 20.1. The van der Waals surface area contributed by atoms with E-state index in [9.17, 15) is 9.59 Å². The summed E-state index contributed by atoms with van der Waals surface area (Å²) in [5.41, 5.74) is 7.95. The summed E-state index contributed by atoms with van der Waals surface area (Å²) in [7, 11) is 0. The minimum Gasteiger partial charge on any atom is -0.421 e. The zero-order valence-corrected chi connectivity index (χ0v) is 20.1. The minimum absolute atomic E-state index is 0.261. The lowest BCUT2D eigenvalue weighted by Crippen LogP contribution is -2.55. The van der Waals surface area contributed by atoms with E-state index in [1.54, 1.807) is 11.8 Å². The lowest BCUT2D eigenvalue weighted by Gasteiger charge is -2.37. The Bertz CT molecular complexity index is 1050. The predicted octanol–water partition coefficient (Wildman–Crippen LogP) is 3.64. The van der Waals surface area contributed by atoms with E-state index in [-0.39, 0.29) is 5.89 Å². The van der Waals surface area contributed by atoms with Gasteiger partial charge < -0.3 is 20.0 Å². The van der Waals surface area contributed by atoms with E-state index in [2.05, 4.69) is 36.2 Å². The maximum Gasteiger partial charge on any atom is 0.313 e. The Hall–Kier alpha value is -3.52. The van der Waals surface area contributed by atoms with Gasteiger partial charge in [-0.15, -0.1) is 10.2 Å². The average Bonchev–Trinajstić information content (AvgIpc) is 3.33. The van der Waals surface area contributed by atoms with Crippen molar-refractivity contribution in [1.82, 2.24) is 20.0 Å². The van der Waals surface area contributed by atoms with E-state index < -0.39 is 23.9 Å². The van der Waals surface area contributed by atoms with E-state index in [0.717, 1.165) is 18.4 Å². The Kier molecular flexibility index (Phi) is 8.93. The normalized spacial score (nSPS) is 15.5. The summed E-state index contributed by atoms with van der Waals surface area (Å²) < 4.78 is 5.72. The van der Waals surface area contributed by atoms with Crippen molar-refractivity contribution in [3.63, 3.8) is 0 Å². The van der Waals surface area contributed by atoms with Crippen LogP contribution in [-0.2, 0) is 9.59 Å². The van der Waals surface area contributed by atoms with Crippen molar-refractivity contribution in [3.05, 3.63) is 83.6 Å². The van der Waals surface area contributed by atoms with Gasteiger partial charge in [-0.25, -0.2) is 0 Å². The Morgan fingerprint density at radius 1 is 0.941 bits per heavy atom. The smallest absolute Gasteiger partial charge is 0.313 e. The molecular formula is C26H33N5O3. The third-order valence-corrected chi connectivity index (χ3v) is 5.57. The highest BCUT2D eigenvalue weighted by molar-refractivity contribution is 6.35. The number of hydrogen-bond acceptors (Lipinski definition) is 6. The molecule has 1 aliphatic heterocycles. The molecule has 8 nitrogen and oxygen atoms in total. The first kappa shape index (κ1) is 25.1. The second-order valence-electron chi connectivity index (χ2n) is 8.38. The largest absolute Gasteiger partial charge is 0.421 e. The molecule has 2 heterocycles. The fourth-order valence-electron chi connectivity index (χ4n) is 3.66. The summed E-state index contributed by atoms with van der Waals surface area (Å²) in [5.74, 6) is -0.475. The van der Waals surface area contributed by atoms with Crippen molar-refractivity contribution in [2.24, 2.45) is 5.73 Å². The molecule has 1 fully saturated rings. The van der Waals surface area contributed by atoms with Crippen molar-refractivity contribution in [3.8, 4) is 0 Å². The highest BCUT2D eigenvalue weighted by atomic mass is 16.4. The Balaban J connectivity index is 0.000000396. The fraction of sp³-hybridized carbons (Fsp3) is 0.385. The summed E-state index contributed by atoms with van der Waals surface area (Å²) >= 11 is 0. The number of piperazine rings is 1. The van der Waals surface area contributed by atoms with Crippen LogP contribution < -0.4 is 5.73 Å². The molecule has 34 heavy (non-hydrogen) atoms. The average molecular weight is 464 g/mol. The Morgan fingerprint density at radius 2 is 1.56 bits per heavy atom. The third kappa shape index (κ3) is 6.29. The Labute approximate surface area is 200 Å². The molecule has 0 spiro atoms. The van der Waals surface area contributed by atoms with Crippen LogP contribution >= 0.6 is 0 Å². The highest BCUT2D eigenvalue weighted by Gasteiger charge is 2.39. The van der Waals surface area contributed by atoms with Gasteiger partial charge in [0.1, 0.15) is 6.04 Å². The molecule has 2 amide bonds. The second kappa shape index (κ2) is 12.1. The second-order valence-corrected chi connectivity index (χ2v) is 8.38. The third-order valence-electron chi connectivity index (χ3n) is 5.57. The summed E-state index contributed by atoms with van der Waals surface area (Å²) in [6.45, 7) is 7.38.